The van der Waals surface area contributed by atoms with Crippen LogP contribution in [0.3, 0.4) is 0 Å². The molecule has 1 atom stereocenters. The van der Waals surface area contributed by atoms with Crippen molar-refractivity contribution in [2.45, 2.75) is 19.5 Å². The Morgan fingerprint density at radius 2 is 1.65 bits per heavy atom. The maximum Gasteiger partial charge on any atom is 0.244 e. The Morgan fingerprint density at radius 3 is 2.21 bits per heavy atom. The topological polar surface area (TPSA) is 114 Å². The van der Waals surface area contributed by atoms with Gasteiger partial charge in [-0.1, -0.05) is 12.1 Å². The minimum absolute atomic E-state index is 0.0669. The molecule has 0 spiro atoms. The molecule has 0 aliphatic rings. The van der Waals surface area contributed by atoms with E-state index in [4.69, 9.17) is 14.2 Å². The highest BCUT2D eigenvalue weighted by atomic mass is 32.2. The van der Waals surface area contributed by atoms with Gasteiger partial charge in [-0.25, -0.2) is 8.42 Å². The van der Waals surface area contributed by atoms with E-state index in [1.807, 2.05) is 0 Å². The van der Waals surface area contributed by atoms with Crippen molar-refractivity contribution in [3.05, 3.63) is 48.0 Å². The highest BCUT2D eigenvalue weighted by Gasteiger charge is 2.31. The molecule has 2 aromatic carbocycles. The predicted molar refractivity (Wildman–Crippen MR) is 129 cm³/mol. The fourth-order valence-corrected chi connectivity index (χ4v) is 4.19. The summed E-state index contributed by atoms with van der Waals surface area (Å²) >= 11 is 0. The molecule has 2 amide bonds. The molecule has 11 heteroatoms. The summed E-state index contributed by atoms with van der Waals surface area (Å²) in [5.41, 5.74) is 0.861. The Hall–Kier alpha value is -3.47. The molecule has 1 N–H and O–H groups in total. The number of anilines is 1. The fraction of sp³-hybridized carbons (Fsp3) is 0.391. The molecule has 0 aromatic heterocycles. The summed E-state index contributed by atoms with van der Waals surface area (Å²) in [6, 6.07) is 10.9. The Kier molecular flexibility index (Phi) is 9.13. The van der Waals surface area contributed by atoms with Crippen LogP contribution >= 0.6 is 0 Å². The lowest BCUT2D eigenvalue weighted by Crippen LogP contribution is -2.50. The molecule has 0 saturated heterocycles. The fourth-order valence-electron chi connectivity index (χ4n) is 3.35. The Bertz CT molecular complexity index is 1120. The molecule has 186 valence electrons. The van der Waals surface area contributed by atoms with Gasteiger partial charge in [-0.3, -0.25) is 13.9 Å². The molecule has 34 heavy (non-hydrogen) atoms. The lowest BCUT2D eigenvalue weighted by Gasteiger charge is -2.31. The van der Waals surface area contributed by atoms with Gasteiger partial charge in [-0.2, -0.15) is 0 Å². The van der Waals surface area contributed by atoms with Crippen molar-refractivity contribution in [3.8, 4) is 17.2 Å². The second-order valence-electron chi connectivity index (χ2n) is 7.47. The molecule has 1 unspecified atom stereocenters. The number of nitrogens with zero attached hydrogens (tertiary/aromatic N) is 2. The molecular formula is C23H31N3O7S. The normalized spacial score (nSPS) is 11.8. The number of benzene rings is 2. The van der Waals surface area contributed by atoms with E-state index in [-0.39, 0.29) is 23.9 Å². The average Bonchev–Trinajstić information content (AvgIpc) is 2.83. The molecule has 0 saturated carbocycles. The number of sulfonamides is 1. The first kappa shape index (κ1) is 26.8. The van der Waals surface area contributed by atoms with Crippen LogP contribution in [0.1, 0.15) is 12.5 Å². The summed E-state index contributed by atoms with van der Waals surface area (Å²) in [7, 11) is 1.93. The van der Waals surface area contributed by atoms with Crippen molar-refractivity contribution in [2.24, 2.45) is 0 Å². The average molecular weight is 494 g/mol. The highest BCUT2D eigenvalue weighted by Crippen LogP contribution is 2.34. The van der Waals surface area contributed by atoms with Gasteiger partial charge in [-0.05, 0) is 36.8 Å². The number of amides is 2. The van der Waals surface area contributed by atoms with E-state index < -0.39 is 28.5 Å². The van der Waals surface area contributed by atoms with E-state index in [2.05, 4.69) is 5.32 Å². The molecule has 10 nitrogen and oxygen atoms in total. The molecular weight excluding hydrogens is 462 g/mol. The van der Waals surface area contributed by atoms with Gasteiger partial charge in [0.1, 0.15) is 29.8 Å². The number of hydrogen-bond acceptors (Lipinski definition) is 7. The summed E-state index contributed by atoms with van der Waals surface area (Å²) in [5.74, 6) is 0.272. The van der Waals surface area contributed by atoms with Gasteiger partial charge in [-0.15, -0.1) is 0 Å². The van der Waals surface area contributed by atoms with Crippen LogP contribution in [0.15, 0.2) is 42.5 Å². The lowest BCUT2D eigenvalue weighted by molar-refractivity contribution is -0.139. The van der Waals surface area contributed by atoms with Crippen LogP contribution in [0.4, 0.5) is 5.69 Å². The summed E-state index contributed by atoms with van der Waals surface area (Å²) in [4.78, 5) is 27.2. The van der Waals surface area contributed by atoms with Crippen molar-refractivity contribution < 1.29 is 32.2 Å². The van der Waals surface area contributed by atoms with Gasteiger partial charge in [0, 0.05) is 19.7 Å². The molecule has 0 aliphatic carbocycles. The number of hydrogen-bond donors (Lipinski definition) is 1. The van der Waals surface area contributed by atoms with Crippen molar-refractivity contribution >= 4 is 27.5 Å². The first-order valence-electron chi connectivity index (χ1n) is 10.4. The predicted octanol–water partition coefficient (Wildman–Crippen LogP) is 1.64. The van der Waals surface area contributed by atoms with Gasteiger partial charge in [0.15, 0.2) is 0 Å². The zero-order chi connectivity index (χ0) is 25.5. The van der Waals surface area contributed by atoms with E-state index in [0.29, 0.717) is 17.1 Å². The zero-order valence-electron chi connectivity index (χ0n) is 20.2. The molecule has 0 bridgehead atoms. The number of rotatable bonds is 11. The first-order chi connectivity index (χ1) is 16.0. The van der Waals surface area contributed by atoms with Crippen LogP contribution in [0, 0.1) is 0 Å². The van der Waals surface area contributed by atoms with Crippen molar-refractivity contribution in [1.29, 1.82) is 0 Å². The Morgan fingerprint density at radius 1 is 1.00 bits per heavy atom. The highest BCUT2D eigenvalue weighted by molar-refractivity contribution is 7.92. The van der Waals surface area contributed by atoms with E-state index in [1.165, 1.54) is 39.3 Å². The largest absolute Gasteiger partial charge is 0.497 e. The minimum atomic E-state index is -3.91. The van der Waals surface area contributed by atoms with E-state index in [9.17, 15) is 18.0 Å². The number of ether oxygens (including phenoxy) is 3. The third kappa shape index (κ3) is 6.53. The van der Waals surface area contributed by atoms with Crippen molar-refractivity contribution in [2.75, 3.05) is 45.5 Å². The molecule has 2 aromatic rings. The first-order valence-corrected chi connectivity index (χ1v) is 12.2. The summed E-state index contributed by atoms with van der Waals surface area (Å²) < 4.78 is 42.2. The number of methoxy groups -OCH3 is 3. The maximum absolute atomic E-state index is 13.5. The molecule has 0 aliphatic heterocycles. The van der Waals surface area contributed by atoms with Crippen molar-refractivity contribution in [3.63, 3.8) is 0 Å². The van der Waals surface area contributed by atoms with E-state index >= 15 is 0 Å². The van der Waals surface area contributed by atoms with Crippen LogP contribution in [0.2, 0.25) is 0 Å². The Balaban J connectivity index is 2.48. The Labute approximate surface area is 200 Å². The molecule has 0 heterocycles. The smallest absolute Gasteiger partial charge is 0.244 e. The van der Waals surface area contributed by atoms with Gasteiger partial charge >= 0.3 is 0 Å². The molecule has 2 rings (SSSR count). The monoisotopic (exact) mass is 493 g/mol. The number of nitrogens with one attached hydrogen (secondary N) is 1. The summed E-state index contributed by atoms with van der Waals surface area (Å²) in [6.45, 7) is 1.10. The van der Waals surface area contributed by atoms with Crippen molar-refractivity contribution in [1.82, 2.24) is 10.2 Å². The summed E-state index contributed by atoms with van der Waals surface area (Å²) in [6.07, 6.45) is 0.994. The quantitative estimate of drug-likeness (QED) is 0.506. The van der Waals surface area contributed by atoms with Crippen LogP contribution in [-0.2, 0) is 26.2 Å². The molecule has 0 radical (unpaired) electrons. The second-order valence-corrected chi connectivity index (χ2v) is 9.38. The molecule has 0 fully saturated rings. The van der Waals surface area contributed by atoms with Crippen LogP contribution in [0.25, 0.3) is 0 Å². The zero-order valence-corrected chi connectivity index (χ0v) is 21.0. The van der Waals surface area contributed by atoms with Gasteiger partial charge in [0.05, 0.1) is 33.3 Å². The van der Waals surface area contributed by atoms with Crippen LogP contribution in [0.5, 0.6) is 17.2 Å². The SMILES string of the molecule is CNC(=O)C(C)N(Cc1cccc(OC)c1)C(=O)CN(c1cc(OC)ccc1OC)S(C)(=O)=O. The third-order valence-electron chi connectivity index (χ3n) is 5.23. The number of likely N-dealkylation sites (N-methyl/N-ethyl adjacent to an activating group) is 1. The maximum atomic E-state index is 13.5. The summed E-state index contributed by atoms with van der Waals surface area (Å²) in [5, 5.41) is 2.53. The number of carbonyl (C=O) groups is 2. The standard InChI is InChI=1S/C23H31N3O7S/c1-16(23(28)24-2)25(14-17-8-7-9-18(12-17)31-3)22(27)15-26(34(6,29)30)20-13-19(32-4)10-11-21(20)33-5/h7-13,16H,14-15H2,1-6H3,(H,24,28). The third-order valence-corrected chi connectivity index (χ3v) is 6.36. The lowest BCUT2D eigenvalue weighted by atomic mass is 10.1. The van der Waals surface area contributed by atoms with Gasteiger partial charge in [0.2, 0.25) is 21.8 Å². The van der Waals surface area contributed by atoms with E-state index in [0.717, 1.165) is 10.6 Å². The van der Waals surface area contributed by atoms with Crippen LogP contribution < -0.4 is 23.8 Å². The second kappa shape index (κ2) is 11.6. The van der Waals surface area contributed by atoms with E-state index in [1.54, 1.807) is 43.3 Å². The number of carbonyl (C=O) groups excluding carboxylic acids is 2. The minimum Gasteiger partial charge on any atom is -0.497 e. The van der Waals surface area contributed by atoms with Gasteiger partial charge < -0.3 is 24.4 Å². The van der Waals surface area contributed by atoms with Crippen LogP contribution in [-0.4, -0.2) is 72.4 Å². The van der Waals surface area contributed by atoms with Gasteiger partial charge in [0.25, 0.3) is 0 Å².